The fourth-order valence-corrected chi connectivity index (χ4v) is 5.10. The number of amides is 1. The Morgan fingerprint density at radius 1 is 0.906 bits per heavy atom. The molecule has 0 bridgehead atoms. The van der Waals surface area contributed by atoms with E-state index in [0.29, 0.717) is 6.54 Å². The van der Waals surface area contributed by atoms with Gasteiger partial charge in [-0.2, -0.15) is 0 Å². The number of nitrogens with zero attached hydrogens (tertiary/aromatic N) is 2. The molecule has 4 heteroatoms. The van der Waals surface area contributed by atoms with Gasteiger partial charge in [0.05, 0.1) is 17.7 Å². The van der Waals surface area contributed by atoms with Gasteiger partial charge >= 0.3 is 0 Å². The average Bonchev–Trinajstić information content (AvgIpc) is 3.07. The predicted octanol–water partition coefficient (Wildman–Crippen LogP) is 6.65. The maximum absolute atomic E-state index is 13.8. The molecule has 0 saturated heterocycles. The fraction of sp³-hybridized carbons (Fsp3) is 0.214. The van der Waals surface area contributed by atoms with Crippen molar-refractivity contribution in [2.75, 3.05) is 4.90 Å². The van der Waals surface area contributed by atoms with Crippen molar-refractivity contribution in [2.24, 2.45) is 0 Å². The lowest BCUT2D eigenvalue weighted by molar-refractivity contribution is -0.123. The van der Waals surface area contributed by atoms with Crippen molar-refractivity contribution in [1.29, 1.82) is 0 Å². The van der Waals surface area contributed by atoms with Crippen LogP contribution in [0.1, 0.15) is 37.9 Å². The molecule has 1 aliphatic heterocycles. The third kappa shape index (κ3) is 3.01. The Hall–Kier alpha value is -3.53. The first kappa shape index (κ1) is 20.4. The monoisotopic (exact) mass is 424 g/mol. The second-order valence-corrected chi connectivity index (χ2v) is 8.37. The number of carbonyl (C=O) groups excluding carboxylic acids is 1. The van der Waals surface area contributed by atoms with Gasteiger partial charge in [0.15, 0.2) is 0 Å². The first-order chi connectivity index (χ1) is 15.6. The molecule has 32 heavy (non-hydrogen) atoms. The van der Waals surface area contributed by atoms with E-state index >= 15 is 0 Å². The number of anilines is 1. The van der Waals surface area contributed by atoms with Gasteiger partial charge in [0.2, 0.25) is 5.91 Å². The summed E-state index contributed by atoms with van der Waals surface area (Å²) in [6.07, 6.45) is 3.37. The van der Waals surface area contributed by atoms with Crippen LogP contribution < -0.4 is 4.90 Å². The lowest BCUT2D eigenvalue weighted by atomic mass is 9.77. The van der Waals surface area contributed by atoms with Gasteiger partial charge < -0.3 is 4.90 Å². The number of hydrogen-bond donors (Lipinski definition) is 0. The molecule has 0 fully saturated rings. The van der Waals surface area contributed by atoms with Gasteiger partial charge in [-0.15, -0.1) is 0 Å². The molecule has 1 amide bonds. The van der Waals surface area contributed by atoms with Crippen molar-refractivity contribution in [1.82, 2.24) is 4.98 Å². The predicted molar refractivity (Wildman–Crippen MR) is 127 cm³/mol. The number of para-hydroxylation sites is 1. The molecule has 5 rings (SSSR count). The normalized spacial score (nSPS) is 14.7. The minimum absolute atomic E-state index is 0.128. The summed E-state index contributed by atoms with van der Waals surface area (Å²) < 4.78 is 13.7. The minimum Gasteiger partial charge on any atom is -0.305 e. The summed E-state index contributed by atoms with van der Waals surface area (Å²) in [4.78, 5) is 20.4. The molecule has 0 radical (unpaired) electrons. The Bertz CT molecular complexity index is 1310. The molecule has 0 spiro atoms. The van der Waals surface area contributed by atoms with Crippen LogP contribution in [0.5, 0.6) is 0 Å². The smallest absolute Gasteiger partial charge is 0.238 e. The molecule has 3 aromatic carbocycles. The SMILES string of the molecule is CCC1(CC)C(=O)N(Cc2ncc3ccccc3c2-c2ccc(F)cc2)c2ccccc21. The third-order valence-electron chi connectivity index (χ3n) is 6.89. The average molecular weight is 425 g/mol. The zero-order valence-electron chi connectivity index (χ0n) is 18.3. The molecule has 0 unspecified atom stereocenters. The van der Waals surface area contributed by atoms with Crippen molar-refractivity contribution < 1.29 is 9.18 Å². The van der Waals surface area contributed by atoms with Gasteiger partial charge in [0.1, 0.15) is 5.82 Å². The van der Waals surface area contributed by atoms with Gasteiger partial charge in [-0.25, -0.2) is 4.39 Å². The maximum atomic E-state index is 13.8. The highest BCUT2D eigenvalue weighted by Crippen LogP contribution is 2.47. The molecule has 4 aromatic rings. The van der Waals surface area contributed by atoms with Crippen LogP contribution in [0.3, 0.4) is 0 Å². The van der Waals surface area contributed by atoms with Gasteiger partial charge in [-0.05, 0) is 47.6 Å². The molecule has 0 saturated carbocycles. The quantitative estimate of drug-likeness (QED) is 0.359. The lowest BCUT2D eigenvalue weighted by Gasteiger charge is -2.26. The number of hydrogen-bond acceptors (Lipinski definition) is 2. The number of halogens is 1. The highest BCUT2D eigenvalue weighted by molar-refractivity contribution is 6.08. The summed E-state index contributed by atoms with van der Waals surface area (Å²) in [6.45, 7) is 4.54. The first-order valence-electron chi connectivity index (χ1n) is 11.1. The van der Waals surface area contributed by atoms with Crippen molar-refractivity contribution in [3.63, 3.8) is 0 Å². The zero-order chi connectivity index (χ0) is 22.3. The number of carbonyl (C=O) groups is 1. The minimum atomic E-state index is -0.497. The molecule has 2 heterocycles. The molecule has 0 N–H and O–H groups in total. The largest absolute Gasteiger partial charge is 0.305 e. The molecule has 1 aromatic heterocycles. The number of pyridine rings is 1. The summed E-state index contributed by atoms with van der Waals surface area (Å²) in [7, 11) is 0. The number of fused-ring (bicyclic) bond motifs is 2. The Kier molecular flexibility index (Phi) is 5.01. The summed E-state index contributed by atoms with van der Waals surface area (Å²) in [6, 6.07) is 22.7. The Morgan fingerprint density at radius 3 is 2.34 bits per heavy atom. The van der Waals surface area contributed by atoms with Crippen molar-refractivity contribution >= 4 is 22.4 Å². The van der Waals surface area contributed by atoms with E-state index in [4.69, 9.17) is 4.98 Å². The molecule has 0 atom stereocenters. The Labute approximate surface area is 187 Å². The molecular formula is C28H25FN2O. The van der Waals surface area contributed by atoms with Crippen LogP contribution in [0.4, 0.5) is 10.1 Å². The van der Waals surface area contributed by atoms with Crippen LogP contribution in [-0.4, -0.2) is 10.9 Å². The summed E-state index contributed by atoms with van der Waals surface area (Å²) in [5, 5.41) is 2.06. The number of benzene rings is 3. The van der Waals surface area contributed by atoms with Gasteiger partial charge in [-0.3, -0.25) is 9.78 Å². The van der Waals surface area contributed by atoms with Crippen LogP contribution >= 0.6 is 0 Å². The summed E-state index contributed by atoms with van der Waals surface area (Å²) in [5.41, 5.74) is 4.20. The third-order valence-corrected chi connectivity index (χ3v) is 6.89. The van der Waals surface area contributed by atoms with E-state index in [-0.39, 0.29) is 11.7 Å². The highest BCUT2D eigenvalue weighted by Gasteiger charge is 2.48. The zero-order valence-corrected chi connectivity index (χ0v) is 18.3. The van der Waals surface area contributed by atoms with Gasteiger partial charge in [0, 0.05) is 22.8 Å². The second-order valence-electron chi connectivity index (χ2n) is 8.37. The topological polar surface area (TPSA) is 33.2 Å². The highest BCUT2D eigenvalue weighted by atomic mass is 19.1. The molecule has 3 nitrogen and oxygen atoms in total. The Morgan fingerprint density at radius 2 is 1.59 bits per heavy atom. The summed E-state index contributed by atoms with van der Waals surface area (Å²) >= 11 is 0. The van der Waals surface area contributed by atoms with Crippen LogP contribution in [-0.2, 0) is 16.8 Å². The van der Waals surface area contributed by atoms with Crippen LogP contribution in [0.2, 0.25) is 0 Å². The number of rotatable bonds is 5. The van der Waals surface area contributed by atoms with Crippen LogP contribution in [0.15, 0.2) is 79.0 Å². The van der Waals surface area contributed by atoms with Crippen molar-refractivity contribution in [2.45, 2.75) is 38.6 Å². The summed E-state index contributed by atoms with van der Waals surface area (Å²) in [5.74, 6) is -0.147. The Balaban J connectivity index is 1.68. The van der Waals surface area contributed by atoms with E-state index in [2.05, 4.69) is 26.0 Å². The van der Waals surface area contributed by atoms with E-state index in [9.17, 15) is 9.18 Å². The first-order valence-corrected chi connectivity index (χ1v) is 11.1. The van der Waals surface area contributed by atoms with Crippen molar-refractivity contribution in [3.8, 4) is 11.1 Å². The lowest BCUT2D eigenvalue weighted by Crippen LogP contribution is -2.39. The molecule has 160 valence electrons. The van der Waals surface area contributed by atoms with Gasteiger partial charge in [0.25, 0.3) is 0 Å². The van der Waals surface area contributed by atoms with Gasteiger partial charge in [-0.1, -0.05) is 68.4 Å². The van der Waals surface area contributed by atoms with Crippen LogP contribution in [0, 0.1) is 5.82 Å². The standard InChI is InChI=1S/C28H25FN2O/c1-3-28(4-2)23-11-7-8-12-25(23)31(27(28)32)18-24-26(19-13-15-21(29)16-14-19)22-10-6-5-9-20(22)17-30-24/h5-17H,3-4,18H2,1-2H3. The van der Waals surface area contributed by atoms with E-state index in [0.717, 1.165) is 51.7 Å². The van der Waals surface area contributed by atoms with E-state index in [1.807, 2.05) is 47.5 Å². The van der Waals surface area contributed by atoms with E-state index in [1.54, 1.807) is 12.1 Å². The fourth-order valence-electron chi connectivity index (χ4n) is 5.10. The second kappa shape index (κ2) is 7.86. The van der Waals surface area contributed by atoms with Crippen molar-refractivity contribution in [3.05, 3.63) is 96.1 Å². The van der Waals surface area contributed by atoms with Crippen LogP contribution in [0.25, 0.3) is 21.9 Å². The molecule has 1 aliphatic rings. The molecular weight excluding hydrogens is 399 g/mol. The molecule has 0 aliphatic carbocycles. The maximum Gasteiger partial charge on any atom is 0.238 e. The van der Waals surface area contributed by atoms with E-state index in [1.165, 1.54) is 12.1 Å². The van der Waals surface area contributed by atoms with E-state index < -0.39 is 5.41 Å². The number of aromatic nitrogens is 1.